The van der Waals surface area contributed by atoms with Crippen LogP contribution in [0.5, 0.6) is 5.75 Å². The molecular weight excluding hydrogens is 499 g/mol. The summed E-state index contributed by atoms with van der Waals surface area (Å²) >= 11 is 7.00. The van der Waals surface area contributed by atoms with E-state index >= 15 is 0 Å². The SMILES string of the molecule is COC(=O)c1sc(N2C(=O)C(=O)C(=C(O)c3ccc(OC)c(Cl)c3)[C@@H]2c2ccccc2F)nc1C. The standard InChI is InChI=1S/C24H18ClFN2O6S/c1-11-21(23(32)34-3)35-24(27-11)28-18(13-6-4-5-7-15(13)26)17(20(30)22(28)31)19(29)12-8-9-16(33-2)14(25)10-12/h4-10,18,29H,1-3H3/t18-/m0/s1. The number of thiazole rings is 1. The highest BCUT2D eigenvalue weighted by molar-refractivity contribution is 7.17. The van der Waals surface area contributed by atoms with E-state index in [9.17, 15) is 23.9 Å². The van der Waals surface area contributed by atoms with Crippen LogP contribution in [0.1, 0.15) is 32.5 Å². The van der Waals surface area contributed by atoms with E-state index < -0.39 is 35.3 Å². The first-order valence-electron chi connectivity index (χ1n) is 10.1. The Labute approximate surface area is 208 Å². The summed E-state index contributed by atoms with van der Waals surface area (Å²) in [6.45, 7) is 1.54. The predicted molar refractivity (Wildman–Crippen MR) is 127 cm³/mol. The summed E-state index contributed by atoms with van der Waals surface area (Å²) in [4.78, 5) is 43.8. The summed E-state index contributed by atoms with van der Waals surface area (Å²) in [6.07, 6.45) is 0. The van der Waals surface area contributed by atoms with E-state index in [-0.39, 0.29) is 37.4 Å². The summed E-state index contributed by atoms with van der Waals surface area (Å²) in [6, 6.07) is 8.51. The van der Waals surface area contributed by atoms with Crippen molar-refractivity contribution in [2.24, 2.45) is 0 Å². The number of rotatable bonds is 5. The summed E-state index contributed by atoms with van der Waals surface area (Å²) in [5, 5.41) is 11.3. The van der Waals surface area contributed by atoms with Gasteiger partial charge in [-0.3, -0.25) is 14.5 Å². The zero-order chi connectivity index (χ0) is 25.4. The molecule has 1 N–H and O–H groups in total. The minimum Gasteiger partial charge on any atom is -0.507 e. The molecule has 8 nitrogen and oxygen atoms in total. The number of methoxy groups -OCH3 is 2. The number of aromatic nitrogens is 1. The lowest BCUT2D eigenvalue weighted by Crippen LogP contribution is -2.29. The molecular formula is C24H18ClFN2O6S. The summed E-state index contributed by atoms with van der Waals surface area (Å²) < 4.78 is 24.8. The number of aliphatic hydroxyl groups excluding tert-OH is 1. The van der Waals surface area contributed by atoms with E-state index in [1.165, 1.54) is 56.7 Å². The maximum atomic E-state index is 15.0. The zero-order valence-corrected chi connectivity index (χ0v) is 20.2. The van der Waals surface area contributed by atoms with Crippen LogP contribution in [-0.4, -0.2) is 42.0 Å². The number of ether oxygens (including phenoxy) is 2. The number of carbonyl (C=O) groups is 3. The fourth-order valence-electron chi connectivity index (χ4n) is 3.76. The molecule has 180 valence electrons. The predicted octanol–water partition coefficient (Wildman–Crippen LogP) is 4.67. The van der Waals surface area contributed by atoms with Crippen LogP contribution in [0.15, 0.2) is 48.0 Å². The van der Waals surface area contributed by atoms with Gasteiger partial charge in [0.25, 0.3) is 5.78 Å². The Balaban J connectivity index is 1.95. The Morgan fingerprint density at radius 1 is 1.20 bits per heavy atom. The van der Waals surface area contributed by atoms with E-state index in [1.54, 1.807) is 6.92 Å². The van der Waals surface area contributed by atoms with Gasteiger partial charge in [0, 0.05) is 11.1 Å². The van der Waals surface area contributed by atoms with Gasteiger partial charge in [-0.1, -0.05) is 41.1 Å². The first kappa shape index (κ1) is 24.4. The van der Waals surface area contributed by atoms with Crippen molar-refractivity contribution in [3.05, 3.63) is 80.6 Å². The molecule has 0 aliphatic carbocycles. The molecule has 11 heteroatoms. The third-order valence-corrected chi connectivity index (χ3v) is 6.86. The molecule has 4 rings (SSSR count). The molecule has 0 radical (unpaired) electrons. The Morgan fingerprint density at radius 3 is 2.54 bits per heavy atom. The van der Waals surface area contributed by atoms with Crippen molar-refractivity contribution in [1.29, 1.82) is 0 Å². The smallest absolute Gasteiger partial charge is 0.350 e. The number of benzene rings is 2. The third kappa shape index (κ3) is 4.15. The lowest BCUT2D eigenvalue weighted by Gasteiger charge is -2.23. The van der Waals surface area contributed by atoms with Gasteiger partial charge in [-0.25, -0.2) is 14.2 Å². The van der Waals surface area contributed by atoms with Gasteiger partial charge in [0.15, 0.2) is 5.13 Å². The lowest BCUT2D eigenvalue weighted by atomic mass is 9.95. The number of nitrogens with zero attached hydrogens (tertiary/aromatic N) is 2. The first-order chi connectivity index (χ1) is 16.7. The molecule has 2 aromatic carbocycles. The van der Waals surface area contributed by atoms with Gasteiger partial charge in [-0.2, -0.15) is 0 Å². The molecule has 1 atom stereocenters. The van der Waals surface area contributed by atoms with Gasteiger partial charge in [0.1, 0.15) is 28.2 Å². The van der Waals surface area contributed by atoms with Crippen molar-refractivity contribution < 1.29 is 33.4 Å². The quantitative estimate of drug-likeness (QED) is 0.227. The third-order valence-electron chi connectivity index (χ3n) is 5.43. The highest BCUT2D eigenvalue weighted by atomic mass is 35.5. The second kappa shape index (κ2) is 9.47. The van der Waals surface area contributed by atoms with Crippen LogP contribution in [0.25, 0.3) is 5.76 Å². The van der Waals surface area contributed by atoms with Crippen LogP contribution in [0.4, 0.5) is 9.52 Å². The maximum absolute atomic E-state index is 15.0. The summed E-state index contributed by atoms with van der Waals surface area (Å²) in [5.41, 5.74) is 0.00260. The molecule has 1 aromatic heterocycles. The van der Waals surface area contributed by atoms with E-state index in [4.69, 9.17) is 21.1 Å². The molecule has 0 spiro atoms. The van der Waals surface area contributed by atoms with E-state index in [1.807, 2.05) is 0 Å². The number of hydrogen-bond acceptors (Lipinski definition) is 8. The fraction of sp³-hybridized carbons (Fsp3) is 0.167. The van der Waals surface area contributed by atoms with Crippen molar-refractivity contribution >= 4 is 51.5 Å². The molecule has 3 aromatic rings. The Hall–Kier alpha value is -3.76. The first-order valence-corrected chi connectivity index (χ1v) is 11.3. The average Bonchev–Trinajstić information content (AvgIpc) is 3.35. The van der Waals surface area contributed by atoms with Gasteiger partial charge in [0.05, 0.1) is 30.5 Å². The molecule has 0 bridgehead atoms. The number of hydrogen-bond donors (Lipinski definition) is 1. The number of esters is 1. The van der Waals surface area contributed by atoms with Gasteiger partial charge in [-0.05, 0) is 31.2 Å². The Morgan fingerprint density at radius 2 is 1.91 bits per heavy atom. The van der Waals surface area contributed by atoms with Gasteiger partial charge in [0.2, 0.25) is 0 Å². The summed E-state index contributed by atoms with van der Waals surface area (Å²) in [5.74, 6) is -3.67. The highest BCUT2D eigenvalue weighted by Crippen LogP contribution is 2.45. The number of carbonyl (C=O) groups excluding carboxylic acids is 3. The van der Waals surface area contributed by atoms with Crippen molar-refractivity contribution in [2.45, 2.75) is 13.0 Å². The largest absolute Gasteiger partial charge is 0.507 e. The summed E-state index contributed by atoms with van der Waals surface area (Å²) in [7, 11) is 2.62. The van der Waals surface area contributed by atoms with Crippen LogP contribution < -0.4 is 9.64 Å². The minimum atomic E-state index is -1.35. The van der Waals surface area contributed by atoms with E-state index in [0.29, 0.717) is 5.75 Å². The Kier molecular flexibility index (Phi) is 6.60. The van der Waals surface area contributed by atoms with Gasteiger partial charge < -0.3 is 14.6 Å². The average molecular weight is 517 g/mol. The second-order valence-corrected chi connectivity index (χ2v) is 8.83. The molecule has 1 aliphatic heterocycles. The maximum Gasteiger partial charge on any atom is 0.350 e. The van der Waals surface area contributed by atoms with Crippen molar-refractivity contribution in [3.8, 4) is 5.75 Å². The van der Waals surface area contributed by atoms with E-state index in [2.05, 4.69) is 4.98 Å². The number of anilines is 1. The van der Waals surface area contributed by atoms with Gasteiger partial charge >= 0.3 is 11.9 Å². The van der Waals surface area contributed by atoms with Crippen LogP contribution in [-0.2, 0) is 14.3 Å². The normalized spacial score (nSPS) is 17.1. The van der Waals surface area contributed by atoms with Crippen LogP contribution in [0, 0.1) is 12.7 Å². The molecule has 1 aliphatic rings. The number of ketones is 1. The van der Waals surface area contributed by atoms with Crippen molar-refractivity contribution in [1.82, 2.24) is 4.98 Å². The monoisotopic (exact) mass is 516 g/mol. The van der Waals surface area contributed by atoms with E-state index in [0.717, 1.165) is 16.2 Å². The fourth-order valence-corrected chi connectivity index (χ4v) is 5.03. The molecule has 2 heterocycles. The topological polar surface area (TPSA) is 106 Å². The number of aryl methyl sites for hydroxylation is 1. The number of aliphatic hydroxyl groups is 1. The van der Waals surface area contributed by atoms with Crippen molar-refractivity contribution in [2.75, 3.05) is 19.1 Å². The number of halogens is 2. The number of amides is 1. The number of Topliss-reactive ketones (excluding diaryl/α,β-unsaturated/α-hetero) is 1. The molecule has 1 amide bonds. The van der Waals surface area contributed by atoms with Crippen molar-refractivity contribution in [3.63, 3.8) is 0 Å². The Bertz CT molecular complexity index is 1400. The zero-order valence-electron chi connectivity index (χ0n) is 18.7. The molecule has 1 fully saturated rings. The van der Waals surface area contributed by atoms with Gasteiger partial charge in [-0.15, -0.1) is 0 Å². The van der Waals surface area contributed by atoms with Crippen LogP contribution >= 0.6 is 22.9 Å². The second-order valence-electron chi connectivity index (χ2n) is 7.44. The minimum absolute atomic E-state index is 0.0231. The molecule has 0 saturated carbocycles. The molecule has 35 heavy (non-hydrogen) atoms. The molecule has 1 saturated heterocycles. The molecule has 0 unspecified atom stereocenters. The highest BCUT2D eigenvalue weighted by Gasteiger charge is 2.49. The van der Waals surface area contributed by atoms with Crippen LogP contribution in [0.3, 0.4) is 0 Å². The lowest BCUT2D eigenvalue weighted by molar-refractivity contribution is -0.132. The van der Waals surface area contributed by atoms with Crippen LogP contribution in [0.2, 0.25) is 5.02 Å².